The fraction of sp³-hybridized carbons (Fsp3) is 0.133. The van der Waals surface area contributed by atoms with Crippen LogP contribution in [-0.4, -0.2) is 23.4 Å². The summed E-state index contributed by atoms with van der Waals surface area (Å²) in [5.41, 5.74) is -0.406. The van der Waals surface area contributed by atoms with E-state index in [0.29, 0.717) is 6.54 Å². The maximum absolute atomic E-state index is 11.9. The smallest absolute Gasteiger partial charge is 0.263 e. The largest absolute Gasteiger partial charge is 0.867 e. The second-order valence-electron chi connectivity index (χ2n) is 4.30. The minimum absolute atomic E-state index is 0.129. The van der Waals surface area contributed by atoms with Crippen LogP contribution in [0.1, 0.15) is 5.56 Å². The van der Waals surface area contributed by atoms with Crippen LogP contribution in [0.4, 0.5) is 5.69 Å². The molecule has 22 heavy (non-hydrogen) atoms. The highest BCUT2D eigenvalue weighted by Crippen LogP contribution is 2.30. The summed E-state index contributed by atoms with van der Waals surface area (Å²) in [6.07, 6.45) is 1.34. The first kappa shape index (κ1) is 16.3. The van der Waals surface area contributed by atoms with E-state index in [0.717, 1.165) is 16.7 Å². The van der Waals surface area contributed by atoms with Crippen LogP contribution in [0, 0.1) is 10.1 Å². The molecule has 0 saturated carbocycles. The SMILES string of the molecule is O=[N+]([O-])c1cc(Cl)cc(C=NCCSc2ccccc2)c1[O-]. The van der Waals surface area contributed by atoms with Crippen molar-refractivity contribution in [1.29, 1.82) is 0 Å². The Morgan fingerprint density at radius 3 is 2.68 bits per heavy atom. The lowest BCUT2D eigenvalue weighted by Crippen LogP contribution is -2.02. The quantitative estimate of drug-likeness (QED) is 0.266. The molecule has 0 amide bonds. The standard InChI is InChI=1S/C15H13ClN2O3S/c16-12-8-11(15(19)14(9-12)18(20)21)10-17-6-7-22-13-4-2-1-3-5-13/h1-5,8-10,19H,6-7H2/p-1. The summed E-state index contributed by atoms with van der Waals surface area (Å²) in [5, 5.41) is 22.8. The van der Waals surface area contributed by atoms with E-state index in [1.54, 1.807) is 11.8 Å². The van der Waals surface area contributed by atoms with Crippen LogP contribution < -0.4 is 5.11 Å². The van der Waals surface area contributed by atoms with Crippen LogP contribution in [0.15, 0.2) is 52.4 Å². The first-order valence-electron chi connectivity index (χ1n) is 6.40. The second kappa shape index (κ2) is 7.82. The maximum atomic E-state index is 11.9. The van der Waals surface area contributed by atoms with Crippen LogP contribution in [-0.2, 0) is 0 Å². The van der Waals surface area contributed by atoms with Gasteiger partial charge in [0.15, 0.2) is 0 Å². The molecule has 0 saturated heterocycles. The molecule has 0 aliphatic rings. The number of hydrogen-bond donors (Lipinski definition) is 0. The highest BCUT2D eigenvalue weighted by atomic mass is 35.5. The lowest BCUT2D eigenvalue weighted by Gasteiger charge is -2.10. The molecule has 2 aromatic carbocycles. The molecule has 0 fully saturated rings. The van der Waals surface area contributed by atoms with Gasteiger partial charge in [0.05, 0.1) is 4.92 Å². The van der Waals surface area contributed by atoms with Gasteiger partial charge in [-0.15, -0.1) is 11.8 Å². The zero-order chi connectivity index (χ0) is 15.9. The summed E-state index contributed by atoms with van der Waals surface area (Å²) in [6, 6.07) is 12.3. The van der Waals surface area contributed by atoms with E-state index >= 15 is 0 Å². The first-order valence-corrected chi connectivity index (χ1v) is 7.77. The number of hydrogen-bond acceptors (Lipinski definition) is 5. The molecule has 0 unspecified atom stereocenters. The normalized spacial score (nSPS) is 11.0. The summed E-state index contributed by atoms with van der Waals surface area (Å²) in [4.78, 5) is 15.3. The minimum Gasteiger partial charge on any atom is -0.867 e. The number of aliphatic imine (C=N–C) groups is 1. The fourth-order valence-electron chi connectivity index (χ4n) is 1.73. The average Bonchev–Trinajstić information content (AvgIpc) is 2.50. The number of thioether (sulfide) groups is 1. The Kier molecular flexibility index (Phi) is 5.80. The van der Waals surface area contributed by atoms with E-state index in [1.807, 2.05) is 30.3 Å². The Balaban J connectivity index is 1.97. The molecular formula is C15H12ClN2O3S-. The Hall–Kier alpha value is -2.05. The van der Waals surface area contributed by atoms with Gasteiger partial charge in [0.1, 0.15) is 0 Å². The van der Waals surface area contributed by atoms with Gasteiger partial charge < -0.3 is 5.11 Å². The number of benzene rings is 2. The Morgan fingerprint density at radius 1 is 1.27 bits per heavy atom. The lowest BCUT2D eigenvalue weighted by molar-refractivity contribution is -0.398. The van der Waals surface area contributed by atoms with Crippen LogP contribution >= 0.6 is 23.4 Å². The predicted octanol–water partition coefficient (Wildman–Crippen LogP) is 3.53. The van der Waals surface area contributed by atoms with Crippen molar-refractivity contribution in [3.8, 4) is 5.75 Å². The molecule has 0 aliphatic carbocycles. The summed E-state index contributed by atoms with van der Waals surface area (Å²) < 4.78 is 0. The minimum atomic E-state index is -0.739. The lowest BCUT2D eigenvalue weighted by atomic mass is 10.2. The first-order chi connectivity index (χ1) is 10.6. The number of halogens is 1. The van der Waals surface area contributed by atoms with Gasteiger partial charge in [0.25, 0.3) is 5.69 Å². The molecule has 2 rings (SSSR count). The molecule has 114 valence electrons. The van der Waals surface area contributed by atoms with E-state index in [4.69, 9.17) is 11.6 Å². The number of nitro benzene ring substituents is 1. The Bertz CT molecular complexity index is 693. The average molecular weight is 336 g/mol. The van der Waals surface area contributed by atoms with Crippen molar-refractivity contribution in [3.05, 3.63) is 63.2 Å². The predicted molar refractivity (Wildman–Crippen MR) is 87.2 cm³/mol. The van der Waals surface area contributed by atoms with Gasteiger partial charge in [0, 0.05) is 34.5 Å². The molecule has 0 radical (unpaired) electrons. The molecule has 5 nitrogen and oxygen atoms in total. The van der Waals surface area contributed by atoms with Gasteiger partial charge in [-0.3, -0.25) is 15.1 Å². The van der Waals surface area contributed by atoms with Gasteiger partial charge in [-0.2, -0.15) is 0 Å². The van der Waals surface area contributed by atoms with Crippen LogP contribution in [0.2, 0.25) is 5.02 Å². The van der Waals surface area contributed by atoms with Crippen molar-refractivity contribution in [2.45, 2.75) is 4.90 Å². The van der Waals surface area contributed by atoms with Gasteiger partial charge in [-0.05, 0) is 29.5 Å². The van der Waals surface area contributed by atoms with Crippen molar-refractivity contribution in [1.82, 2.24) is 0 Å². The van der Waals surface area contributed by atoms with E-state index in [-0.39, 0.29) is 10.6 Å². The summed E-state index contributed by atoms with van der Waals surface area (Å²) in [5.74, 6) is 0.0750. The van der Waals surface area contributed by atoms with Crippen LogP contribution in [0.25, 0.3) is 0 Å². The van der Waals surface area contributed by atoms with Crippen molar-refractivity contribution in [2.75, 3.05) is 12.3 Å². The van der Waals surface area contributed by atoms with Crippen molar-refractivity contribution < 1.29 is 10.0 Å². The van der Waals surface area contributed by atoms with Gasteiger partial charge in [-0.1, -0.05) is 29.8 Å². The third-order valence-electron chi connectivity index (χ3n) is 2.72. The van der Waals surface area contributed by atoms with E-state index in [1.165, 1.54) is 12.3 Å². The number of nitrogens with zero attached hydrogens (tertiary/aromatic N) is 2. The molecule has 0 atom stereocenters. The Labute approximate surface area is 136 Å². The van der Waals surface area contributed by atoms with Crippen molar-refractivity contribution in [2.24, 2.45) is 4.99 Å². The Morgan fingerprint density at radius 2 is 2.00 bits per heavy atom. The highest BCUT2D eigenvalue weighted by Gasteiger charge is 2.11. The fourth-order valence-corrected chi connectivity index (χ4v) is 2.73. The maximum Gasteiger partial charge on any atom is 0.263 e. The molecule has 2 aromatic rings. The third-order valence-corrected chi connectivity index (χ3v) is 3.93. The monoisotopic (exact) mass is 335 g/mol. The van der Waals surface area contributed by atoms with Crippen molar-refractivity contribution >= 4 is 35.3 Å². The van der Waals surface area contributed by atoms with Crippen LogP contribution in [0.3, 0.4) is 0 Å². The molecule has 0 aromatic heterocycles. The zero-order valence-corrected chi connectivity index (χ0v) is 13.0. The van der Waals surface area contributed by atoms with Crippen molar-refractivity contribution in [3.63, 3.8) is 0 Å². The topological polar surface area (TPSA) is 78.6 Å². The zero-order valence-electron chi connectivity index (χ0n) is 11.4. The van der Waals surface area contributed by atoms with Gasteiger partial charge in [0.2, 0.25) is 0 Å². The molecule has 0 aliphatic heterocycles. The molecule has 0 spiro atoms. The molecule has 0 N–H and O–H groups in total. The van der Waals surface area contributed by atoms with E-state index in [9.17, 15) is 15.2 Å². The molecule has 0 bridgehead atoms. The second-order valence-corrected chi connectivity index (χ2v) is 5.90. The van der Waals surface area contributed by atoms with Gasteiger partial charge >= 0.3 is 0 Å². The van der Waals surface area contributed by atoms with Crippen LogP contribution in [0.5, 0.6) is 5.75 Å². The number of rotatable bonds is 6. The van der Waals surface area contributed by atoms with Gasteiger partial charge in [-0.25, -0.2) is 0 Å². The highest BCUT2D eigenvalue weighted by molar-refractivity contribution is 7.99. The van der Waals surface area contributed by atoms with E-state index in [2.05, 4.69) is 4.99 Å². The number of nitro groups is 1. The molecular weight excluding hydrogens is 324 g/mol. The molecule has 0 heterocycles. The van der Waals surface area contributed by atoms with E-state index < -0.39 is 16.4 Å². The summed E-state index contributed by atoms with van der Waals surface area (Å²) in [7, 11) is 0. The third kappa shape index (κ3) is 4.47. The molecule has 7 heteroatoms. The summed E-state index contributed by atoms with van der Waals surface area (Å²) in [6.45, 7) is 0.499. The summed E-state index contributed by atoms with van der Waals surface area (Å²) >= 11 is 7.42.